The minimum absolute atomic E-state index is 0.276. The van der Waals surface area contributed by atoms with Crippen molar-refractivity contribution in [3.05, 3.63) is 29.3 Å². The number of thioether (sulfide) groups is 1. The lowest BCUT2D eigenvalue weighted by Gasteiger charge is -2.37. The van der Waals surface area contributed by atoms with Gasteiger partial charge in [-0.15, -0.1) is 11.8 Å². The molecule has 1 aromatic rings. The van der Waals surface area contributed by atoms with Crippen molar-refractivity contribution in [2.75, 3.05) is 0 Å². The molecule has 1 aromatic carbocycles. The third kappa shape index (κ3) is 4.90. The molecule has 0 amide bonds. The van der Waals surface area contributed by atoms with Crippen LogP contribution in [-0.2, 0) is 12.7 Å². The highest BCUT2D eigenvalue weighted by Gasteiger charge is 2.33. The quantitative estimate of drug-likeness (QED) is 0.742. The smallest absolute Gasteiger partial charge is 0.326 e. The van der Waals surface area contributed by atoms with Gasteiger partial charge in [-0.2, -0.15) is 13.2 Å². The van der Waals surface area contributed by atoms with Crippen LogP contribution < -0.4 is 5.73 Å². The number of nitrogens with two attached hydrogens (primary N) is 1. The predicted molar refractivity (Wildman–Crippen MR) is 90.4 cm³/mol. The summed E-state index contributed by atoms with van der Waals surface area (Å²) in [6, 6.07) is 3.91. The van der Waals surface area contributed by atoms with Crippen LogP contribution in [0.4, 0.5) is 13.2 Å². The summed E-state index contributed by atoms with van der Waals surface area (Å²) >= 11 is 1.58. The molecule has 0 aromatic heterocycles. The van der Waals surface area contributed by atoms with Gasteiger partial charge < -0.3 is 5.73 Å². The summed E-state index contributed by atoms with van der Waals surface area (Å²) in [4.78, 5) is 0.696. The lowest BCUT2D eigenvalue weighted by molar-refractivity contribution is -0.137. The van der Waals surface area contributed by atoms with Gasteiger partial charge in [-0.3, -0.25) is 0 Å². The molecule has 1 aliphatic carbocycles. The molecule has 1 aliphatic rings. The number of hydrogen-bond donors (Lipinski definition) is 1. The maximum absolute atomic E-state index is 12.9. The molecular weight excluding hydrogens is 319 g/mol. The molecule has 1 fully saturated rings. The van der Waals surface area contributed by atoms with E-state index >= 15 is 0 Å². The highest BCUT2D eigenvalue weighted by atomic mass is 32.2. The standard InChI is InChI=1S/C18H26F3NS/c1-17(2,3)13-6-8-15(9-7-13)23-16-10-14(18(19,20)21)5-4-12(16)11-22/h4-5,10,13,15H,6-9,11,22H2,1-3H3. The van der Waals surface area contributed by atoms with Crippen molar-refractivity contribution in [3.63, 3.8) is 0 Å². The van der Waals surface area contributed by atoms with Gasteiger partial charge in [-0.05, 0) is 54.7 Å². The Labute approximate surface area is 141 Å². The first-order valence-electron chi connectivity index (χ1n) is 8.18. The molecule has 130 valence electrons. The van der Waals surface area contributed by atoms with E-state index in [2.05, 4.69) is 20.8 Å². The van der Waals surface area contributed by atoms with Gasteiger partial charge in [0.25, 0.3) is 0 Å². The van der Waals surface area contributed by atoms with Gasteiger partial charge in [0.2, 0.25) is 0 Å². The van der Waals surface area contributed by atoms with Crippen LogP contribution in [-0.4, -0.2) is 5.25 Å². The van der Waals surface area contributed by atoms with Crippen LogP contribution in [0.15, 0.2) is 23.1 Å². The van der Waals surface area contributed by atoms with E-state index in [0.29, 0.717) is 21.5 Å². The Morgan fingerprint density at radius 1 is 1.09 bits per heavy atom. The second-order valence-corrected chi connectivity index (χ2v) is 8.82. The Kier molecular flexibility index (Phi) is 5.72. The number of benzene rings is 1. The van der Waals surface area contributed by atoms with E-state index in [1.54, 1.807) is 11.8 Å². The molecule has 0 spiro atoms. The van der Waals surface area contributed by atoms with Crippen LogP contribution in [0.5, 0.6) is 0 Å². The normalized spacial score (nSPS) is 23.1. The summed E-state index contributed by atoms with van der Waals surface area (Å²) in [5.41, 5.74) is 6.24. The lowest BCUT2D eigenvalue weighted by Crippen LogP contribution is -2.26. The number of halogens is 3. The zero-order chi connectivity index (χ0) is 17.3. The molecular formula is C18H26F3NS. The first-order chi connectivity index (χ1) is 10.6. The maximum Gasteiger partial charge on any atom is 0.416 e. The zero-order valence-electron chi connectivity index (χ0n) is 14.0. The fourth-order valence-corrected chi connectivity index (χ4v) is 4.60. The van der Waals surface area contributed by atoms with Crippen molar-refractivity contribution < 1.29 is 13.2 Å². The average Bonchev–Trinajstić information content (AvgIpc) is 2.46. The van der Waals surface area contributed by atoms with Crippen molar-refractivity contribution in [2.45, 2.75) is 69.3 Å². The molecule has 5 heteroatoms. The second-order valence-electron chi connectivity index (χ2n) is 7.48. The Morgan fingerprint density at radius 2 is 1.70 bits per heavy atom. The fourth-order valence-electron chi connectivity index (χ4n) is 3.24. The Hall–Kier alpha value is -0.680. The van der Waals surface area contributed by atoms with E-state index in [0.717, 1.165) is 37.3 Å². The summed E-state index contributed by atoms with van der Waals surface area (Å²) in [5.74, 6) is 0.704. The van der Waals surface area contributed by atoms with Crippen LogP contribution >= 0.6 is 11.8 Å². The van der Waals surface area contributed by atoms with E-state index < -0.39 is 11.7 Å². The average molecular weight is 345 g/mol. The number of hydrogen-bond acceptors (Lipinski definition) is 2. The number of rotatable bonds is 3. The van der Waals surface area contributed by atoms with Crippen molar-refractivity contribution in [1.82, 2.24) is 0 Å². The van der Waals surface area contributed by atoms with Gasteiger partial charge in [0.05, 0.1) is 5.56 Å². The van der Waals surface area contributed by atoms with E-state index in [1.165, 1.54) is 12.1 Å². The Morgan fingerprint density at radius 3 is 2.17 bits per heavy atom. The molecule has 0 atom stereocenters. The number of alkyl halides is 3. The lowest BCUT2D eigenvalue weighted by atomic mass is 9.72. The first-order valence-corrected chi connectivity index (χ1v) is 9.06. The van der Waals surface area contributed by atoms with Crippen molar-refractivity contribution in [3.8, 4) is 0 Å². The molecule has 0 unspecified atom stereocenters. The second kappa shape index (κ2) is 7.06. The summed E-state index contributed by atoms with van der Waals surface area (Å²) in [7, 11) is 0. The third-order valence-corrected chi connectivity index (χ3v) is 6.25. The topological polar surface area (TPSA) is 26.0 Å². The summed E-state index contributed by atoms with van der Waals surface area (Å²) in [6.45, 7) is 7.08. The van der Waals surface area contributed by atoms with E-state index in [4.69, 9.17) is 5.73 Å². The van der Waals surface area contributed by atoms with E-state index in [1.807, 2.05) is 0 Å². The fraction of sp³-hybridized carbons (Fsp3) is 0.667. The maximum atomic E-state index is 12.9. The van der Waals surface area contributed by atoms with Crippen LogP contribution in [0.1, 0.15) is 57.6 Å². The predicted octanol–water partition coefficient (Wildman–Crippen LogP) is 5.86. The van der Waals surface area contributed by atoms with Gasteiger partial charge in [0.15, 0.2) is 0 Å². The van der Waals surface area contributed by atoms with Gasteiger partial charge in [0, 0.05) is 16.7 Å². The van der Waals surface area contributed by atoms with Crippen LogP contribution in [0, 0.1) is 11.3 Å². The SMILES string of the molecule is CC(C)(C)C1CCC(Sc2cc(C(F)(F)F)ccc2CN)CC1. The van der Waals surface area contributed by atoms with Crippen LogP contribution in [0.25, 0.3) is 0 Å². The summed E-state index contributed by atoms with van der Waals surface area (Å²) in [5, 5.41) is 0.391. The van der Waals surface area contributed by atoms with Crippen molar-refractivity contribution in [1.29, 1.82) is 0 Å². The van der Waals surface area contributed by atoms with Gasteiger partial charge in [-0.1, -0.05) is 26.8 Å². The van der Waals surface area contributed by atoms with Crippen molar-refractivity contribution in [2.24, 2.45) is 17.1 Å². The molecule has 0 bridgehead atoms. The van der Waals surface area contributed by atoms with Gasteiger partial charge >= 0.3 is 6.18 Å². The molecule has 2 rings (SSSR count). The first kappa shape index (κ1) is 18.7. The monoisotopic (exact) mass is 345 g/mol. The highest BCUT2D eigenvalue weighted by molar-refractivity contribution is 8.00. The van der Waals surface area contributed by atoms with Crippen LogP contribution in [0.2, 0.25) is 0 Å². The van der Waals surface area contributed by atoms with E-state index in [-0.39, 0.29) is 6.54 Å². The molecule has 0 saturated heterocycles. The highest BCUT2D eigenvalue weighted by Crippen LogP contribution is 2.44. The zero-order valence-corrected chi connectivity index (χ0v) is 14.9. The molecule has 1 saturated carbocycles. The van der Waals surface area contributed by atoms with Crippen LogP contribution in [0.3, 0.4) is 0 Å². The minimum atomic E-state index is -4.30. The van der Waals surface area contributed by atoms with Crippen molar-refractivity contribution >= 4 is 11.8 Å². The summed E-state index contributed by atoms with van der Waals surface area (Å²) in [6.07, 6.45) is 0.127. The molecule has 23 heavy (non-hydrogen) atoms. The van der Waals surface area contributed by atoms with E-state index in [9.17, 15) is 13.2 Å². The summed E-state index contributed by atoms with van der Waals surface area (Å²) < 4.78 is 38.8. The Bertz CT molecular complexity index is 526. The van der Waals surface area contributed by atoms with Gasteiger partial charge in [-0.25, -0.2) is 0 Å². The van der Waals surface area contributed by atoms with Gasteiger partial charge in [0.1, 0.15) is 0 Å². The molecule has 0 aliphatic heterocycles. The third-order valence-electron chi connectivity index (χ3n) is 4.81. The minimum Gasteiger partial charge on any atom is -0.326 e. The molecule has 0 radical (unpaired) electrons. The largest absolute Gasteiger partial charge is 0.416 e. The molecule has 1 nitrogen and oxygen atoms in total. The Balaban J connectivity index is 2.08. The molecule has 2 N–H and O–H groups in total. The molecule has 0 heterocycles.